The Morgan fingerprint density at radius 1 is 0.848 bits per heavy atom. The third-order valence-corrected chi connectivity index (χ3v) is 10.9. The molecule has 1 aliphatic rings. The number of fused-ring (bicyclic) bond motifs is 2. The first-order valence-electron chi connectivity index (χ1n) is 15.2. The van der Waals surface area contributed by atoms with Gasteiger partial charge in [-0.2, -0.15) is 5.10 Å². The molecule has 1 aliphatic heterocycles. The van der Waals surface area contributed by atoms with Crippen molar-refractivity contribution >= 4 is 43.6 Å². The molecule has 1 saturated heterocycles. The fraction of sp³-hybridized carbons (Fsp3) is 0.229. The molecule has 0 saturated carbocycles. The number of nitrogens with zero attached hydrogens (tertiary/aromatic N) is 5. The van der Waals surface area contributed by atoms with Crippen molar-refractivity contribution in [2.75, 3.05) is 38.1 Å². The molecule has 1 fully saturated rings. The molecule has 0 bridgehead atoms. The van der Waals surface area contributed by atoms with Crippen LogP contribution in [0.4, 0.5) is 5.69 Å². The number of anilines is 1. The van der Waals surface area contributed by atoms with E-state index in [1.165, 1.54) is 3.97 Å². The number of hydrogen-bond acceptors (Lipinski definition) is 7. The standard InChI is InChI=1S/C35H35N7O3S/c1-21-5-7-25(8-6-21)46(44,45)42-20-31(26-9-10-27(34(36)43)23(3)22(26)2)29-17-24(18-37-35(29)42)28-11-12-32(33-30(28)19-38-39-33)41-15-13-40(4)14-16-41/h5-12,17-20H,13-16H2,1-4H3,(H2,36,43)(H,38,39). The molecule has 46 heavy (non-hydrogen) atoms. The predicted molar refractivity (Wildman–Crippen MR) is 182 cm³/mol. The Bertz CT molecular complexity index is 2260. The molecular formula is C35H35N7O3S. The van der Waals surface area contributed by atoms with Crippen LogP contribution in [0.15, 0.2) is 78.1 Å². The normalized spacial score (nSPS) is 14.4. The Labute approximate surface area is 267 Å². The Hall–Kier alpha value is -5.00. The Balaban J connectivity index is 1.43. The molecule has 1 amide bonds. The number of aryl methyl sites for hydroxylation is 1. The van der Waals surface area contributed by atoms with Gasteiger partial charge in [-0.3, -0.25) is 9.89 Å². The van der Waals surface area contributed by atoms with Crippen molar-refractivity contribution in [3.63, 3.8) is 0 Å². The summed E-state index contributed by atoms with van der Waals surface area (Å²) >= 11 is 0. The van der Waals surface area contributed by atoms with Gasteiger partial charge in [0.25, 0.3) is 10.0 Å². The van der Waals surface area contributed by atoms with Crippen LogP contribution in [0.1, 0.15) is 27.0 Å². The van der Waals surface area contributed by atoms with Gasteiger partial charge in [-0.05, 0) is 80.4 Å². The monoisotopic (exact) mass is 633 g/mol. The highest BCUT2D eigenvalue weighted by atomic mass is 32.2. The lowest BCUT2D eigenvalue weighted by Crippen LogP contribution is -2.44. The molecule has 234 valence electrons. The number of piperazine rings is 1. The average Bonchev–Trinajstić information content (AvgIpc) is 3.68. The third kappa shape index (κ3) is 4.83. The Morgan fingerprint density at radius 2 is 1.57 bits per heavy atom. The molecule has 4 heterocycles. The number of likely N-dealkylation sites (N-methyl/N-ethyl adjacent to an activating group) is 1. The van der Waals surface area contributed by atoms with Crippen LogP contribution >= 0.6 is 0 Å². The summed E-state index contributed by atoms with van der Waals surface area (Å²) in [5, 5.41) is 9.24. The zero-order valence-corrected chi connectivity index (χ0v) is 27.0. The van der Waals surface area contributed by atoms with Crippen molar-refractivity contribution in [2.24, 2.45) is 5.73 Å². The Morgan fingerprint density at radius 3 is 2.28 bits per heavy atom. The van der Waals surface area contributed by atoms with Gasteiger partial charge in [-0.1, -0.05) is 29.8 Å². The van der Waals surface area contributed by atoms with Crippen LogP contribution in [0.2, 0.25) is 0 Å². The summed E-state index contributed by atoms with van der Waals surface area (Å²) in [6, 6.07) is 16.5. The molecule has 3 aromatic carbocycles. The van der Waals surface area contributed by atoms with E-state index in [0.29, 0.717) is 22.2 Å². The van der Waals surface area contributed by atoms with Crippen LogP contribution in [-0.2, 0) is 10.0 Å². The van der Waals surface area contributed by atoms with Gasteiger partial charge in [0.2, 0.25) is 5.91 Å². The number of nitrogens with one attached hydrogen (secondary N) is 1. The molecule has 0 atom stereocenters. The van der Waals surface area contributed by atoms with E-state index < -0.39 is 15.9 Å². The zero-order valence-electron chi connectivity index (χ0n) is 26.2. The van der Waals surface area contributed by atoms with Crippen LogP contribution in [0.25, 0.3) is 44.2 Å². The number of aromatic nitrogens is 4. The maximum absolute atomic E-state index is 14.0. The van der Waals surface area contributed by atoms with Crippen molar-refractivity contribution in [1.29, 1.82) is 0 Å². The molecule has 3 N–H and O–H groups in total. The lowest BCUT2D eigenvalue weighted by atomic mass is 9.93. The van der Waals surface area contributed by atoms with Gasteiger partial charge in [0.1, 0.15) is 0 Å². The van der Waals surface area contributed by atoms with Gasteiger partial charge in [0.05, 0.1) is 22.3 Å². The van der Waals surface area contributed by atoms with Gasteiger partial charge in [-0.15, -0.1) is 0 Å². The first-order chi connectivity index (χ1) is 22.0. The molecule has 0 aliphatic carbocycles. The van der Waals surface area contributed by atoms with Crippen molar-refractivity contribution in [2.45, 2.75) is 25.7 Å². The van der Waals surface area contributed by atoms with E-state index in [2.05, 4.69) is 39.2 Å². The number of nitrogens with two attached hydrogens (primary N) is 1. The predicted octanol–water partition coefficient (Wildman–Crippen LogP) is 5.26. The topological polar surface area (TPSA) is 130 Å². The maximum Gasteiger partial charge on any atom is 0.269 e. The number of primary amides is 1. The summed E-state index contributed by atoms with van der Waals surface area (Å²) in [5.41, 5.74) is 14.2. The average molecular weight is 634 g/mol. The number of rotatable bonds is 6. The smallest absolute Gasteiger partial charge is 0.269 e. The minimum atomic E-state index is -3.98. The van der Waals surface area contributed by atoms with E-state index in [9.17, 15) is 13.2 Å². The molecule has 3 aromatic heterocycles. The summed E-state index contributed by atoms with van der Waals surface area (Å²) in [5.74, 6) is -0.510. The van der Waals surface area contributed by atoms with Gasteiger partial charge in [-0.25, -0.2) is 17.4 Å². The van der Waals surface area contributed by atoms with Crippen molar-refractivity contribution in [1.82, 2.24) is 24.1 Å². The lowest BCUT2D eigenvalue weighted by molar-refractivity contribution is 0.0999. The first kappa shape index (κ1) is 29.7. The number of H-pyrrole nitrogens is 1. The van der Waals surface area contributed by atoms with E-state index >= 15 is 0 Å². The summed E-state index contributed by atoms with van der Waals surface area (Å²) in [6.45, 7) is 9.51. The first-order valence-corrected chi connectivity index (χ1v) is 16.6. The zero-order chi connectivity index (χ0) is 32.3. The van der Waals surface area contributed by atoms with Crippen molar-refractivity contribution < 1.29 is 13.2 Å². The molecule has 11 heteroatoms. The quantitative estimate of drug-likeness (QED) is 0.256. The van der Waals surface area contributed by atoms with E-state index in [0.717, 1.165) is 76.2 Å². The largest absolute Gasteiger partial charge is 0.367 e. The second-order valence-corrected chi connectivity index (χ2v) is 13.9. The highest BCUT2D eigenvalue weighted by Crippen LogP contribution is 2.39. The fourth-order valence-electron chi connectivity index (χ4n) is 6.41. The van der Waals surface area contributed by atoms with Gasteiger partial charge in [0.15, 0.2) is 5.65 Å². The van der Waals surface area contributed by atoms with Crippen LogP contribution < -0.4 is 10.6 Å². The summed E-state index contributed by atoms with van der Waals surface area (Å²) in [4.78, 5) is 21.7. The van der Waals surface area contributed by atoms with Gasteiger partial charge in [0, 0.05) is 66.0 Å². The van der Waals surface area contributed by atoms with E-state index in [1.54, 1.807) is 42.7 Å². The maximum atomic E-state index is 14.0. The van der Waals surface area contributed by atoms with E-state index in [1.807, 2.05) is 39.1 Å². The van der Waals surface area contributed by atoms with Crippen LogP contribution in [-0.4, -0.2) is 71.6 Å². The summed E-state index contributed by atoms with van der Waals surface area (Å²) < 4.78 is 29.3. The Kier molecular flexibility index (Phi) is 7.17. The van der Waals surface area contributed by atoms with Gasteiger partial charge < -0.3 is 15.5 Å². The van der Waals surface area contributed by atoms with E-state index in [4.69, 9.17) is 10.7 Å². The highest BCUT2D eigenvalue weighted by Gasteiger charge is 2.25. The highest BCUT2D eigenvalue weighted by molar-refractivity contribution is 7.90. The number of benzene rings is 3. The second kappa shape index (κ2) is 11.1. The number of carbonyl (C=O) groups is 1. The molecule has 10 nitrogen and oxygen atoms in total. The number of carbonyl (C=O) groups excluding carboxylic acids is 1. The van der Waals surface area contributed by atoms with Crippen LogP contribution in [0.5, 0.6) is 0 Å². The number of hydrogen-bond donors (Lipinski definition) is 2. The third-order valence-electron chi connectivity index (χ3n) is 9.28. The SMILES string of the molecule is Cc1ccc(S(=O)(=O)n2cc(-c3ccc(C(N)=O)c(C)c3C)c3cc(-c4ccc(N5CCN(C)CC5)c5[nH]ncc45)cnc32)cc1. The van der Waals surface area contributed by atoms with Crippen LogP contribution in [0, 0.1) is 20.8 Å². The minimum absolute atomic E-state index is 0.170. The fourth-order valence-corrected chi connectivity index (χ4v) is 7.74. The number of amides is 1. The molecule has 7 rings (SSSR count). The number of aromatic amines is 1. The van der Waals surface area contributed by atoms with Crippen molar-refractivity contribution in [3.05, 3.63) is 95.4 Å². The molecule has 0 radical (unpaired) electrons. The van der Waals surface area contributed by atoms with E-state index in [-0.39, 0.29) is 4.90 Å². The minimum Gasteiger partial charge on any atom is -0.367 e. The molecule has 0 spiro atoms. The summed E-state index contributed by atoms with van der Waals surface area (Å²) in [7, 11) is -1.85. The molecule has 6 aromatic rings. The lowest BCUT2D eigenvalue weighted by Gasteiger charge is -2.34. The van der Waals surface area contributed by atoms with Crippen molar-refractivity contribution in [3.8, 4) is 22.3 Å². The van der Waals surface area contributed by atoms with Crippen LogP contribution in [0.3, 0.4) is 0 Å². The number of pyridine rings is 1. The molecule has 0 unspecified atom stereocenters. The molecular weight excluding hydrogens is 598 g/mol. The van der Waals surface area contributed by atoms with Gasteiger partial charge >= 0.3 is 0 Å². The second-order valence-electron chi connectivity index (χ2n) is 12.1. The summed E-state index contributed by atoms with van der Waals surface area (Å²) in [6.07, 6.45) is 5.18.